The van der Waals surface area contributed by atoms with Gasteiger partial charge in [-0.05, 0) is 61.4 Å². The predicted octanol–water partition coefficient (Wildman–Crippen LogP) is 4.30. The summed E-state index contributed by atoms with van der Waals surface area (Å²) in [4.78, 5) is 2.37. The van der Waals surface area contributed by atoms with Crippen molar-refractivity contribution in [1.29, 1.82) is 0 Å². The Morgan fingerprint density at radius 1 is 1.00 bits per heavy atom. The van der Waals surface area contributed by atoms with E-state index in [2.05, 4.69) is 16.5 Å². The fourth-order valence-corrected chi connectivity index (χ4v) is 4.47. The number of aryl methyl sites for hydroxylation is 1. The average Bonchev–Trinajstić information content (AvgIpc) is 2.63. The zero-order valence-corrected chi connectivity index (χ0v) is 16.2. The smallest absolute Gasteiger partial charge is 0.232 e. The van der Waals surface area contributed by atoms with Crippen LogP contribution in [0.5, 0.6) is 0 Å². The zero-order valence-electron chi connectivity index (χ0n) is 15.4. The van der Waals surface area contributed by atoms with Crippen LogP contribution in [0, 0.1) is 5.92 Å². The maximum atomic E-state index is 12.3. The lowest BCUT2D eigenvalue weighted by atomic mass is 9.99. The van der Waals surface area contributed by atoms with E-state index in [0.717, 1.165) is 25.4 Å². The van der Waals surface area contributed by atoms with Gasteiger partial charge in [0, 0.05) is 24.5 Å². The molecule has 0 spiro atoms. The van der Waals surface area contributed by atoms with Gasteiger partial charge in [-0.2, -0.15) is 0 Å². The molecule has 0 aromatic heterocycles. The Morgan fingerprint density at radius 3 is 2.31 bits per heavy atom. The molecule has 4 nitrogen and oxygen atoms in total. The summed E-state index contributed by atoms with van der Waals surface area (Å²) in [6.45, 7) is 4.45. The molecule has 0 aliphatic carbocycles. The van der Waals surface area contributed by atoms with Gasteiger partial charge in [0.1, 0.15) is 0 Å². The standard InChI is InChI=1S/C21H28N2O2S/c1-18-13-15-23(16-14-18)21-11-9-20(10-12-21)22-26(24,25)17-5-8-19-6-3-2-4-7-19/h2-4,6-7,9-12,18,22H,5,8,13-17H2,1H3. The lowest BCUT2D eigenvalue weighted by Gasteiger charge is -2.32. The molecule has 0 amide bonds. The first kappa shape index (κ1) is 18.8. The normalized spacial score (nSPS) is 15.8. The summed E-state index contributed by atoms with van der Waals surface area (Å²) >= 11 is 0. The average molecular weight is 373 g/mol. The van der Waals surface area contributed by atoms with Crippen LogP contribution in [0.25, 0.3) is 0 Å². The fourth-order valence-electron chi connectivity index (χ4n) is 3.35. The quantitative estimate of drug-likeness (QED) is 0.788. The molecule has 2 aromatic carbocycles. The Balaban J connectivity index is 1.51. The Hall–Kier alpha value is -2.01. The van der Waals surface area contributed by atoms with Crippen molar-refractivity contribution in [2.75, 3.05) is 28.5 Å². The Morgan fingerprint density at radius 2 is 1.65 bits per heavy atom. The van der Waals surface area contributed by atoms with Gasteiger partial charge in [0.25, 0.3) is 0 Å². The maximum absolute atomic E-state index is 12.3. The minimum absolute atomic E-state index is 0.133. The van der Waals surface area contributed by atoms with E-state index in [9.17, 15) is 8.42 Å². The lowest BCUT2D eigenvalue weighted by molar-refractivity contribution is 0.438. The summed E-state index contributed by atoms with van der Waals surface area (Å²) in [5.41, 5.74) is 2.98. The highest BCUT2D eigenvalue weighted by Gasteiger charge is 2.16. The molecule has 5 heteroatoms. The molecule has 1 saturated heterocycles. The van der Waals surface area contributed by atoms with Gasteiger partial charge < -0.3 is 4.90 Å². The van der Waals surface area contributed by atoms with Crippen molar-refractivity contribution in [1.82, 2.24) is 0 Å². The van der Waals surface area contributed by atoms with Crippen molar-refractivity contribution >= 4 is 21.4 Å². The van der Waals surface area contributed by atoms with E-state index >= 15 is 0 Å². The molecule has 140 valence electrons. The van der Waals surface area contributed by atoms with Crippen LogP contribution in [0.2, 0.25) is 0 Å². The third-order valence-electron chi connectivity index (χ3n) is 5.01. The Bertz CT molecular complexity index is 781. The highest BCUT2D eigenvalue weighted by atomic mass is 32.2. The number of anilines is 2. The van der Waals surface area contributed by atoms with E-state index in [-0.39, 0.29) is 5.75 Å². The van der Waals surface area contributed by atoms with Crippen molar-refractivity contribution in [3.8, 4) is 0 Å². The Labute approximate surface area is 157 Å². The number of nitrogens with zero attached hydrogens (tertiary/aromatic N) is 1. The summed E-state index contributed by atoms with van der Waals surface area (Å²) in [5.74, 6) is 0.932. The molecule has 0 atom stereocenters. The van der Waals surface area contributed by atoms with E-state index in [1.165, 1.54) is 24.1 Å². The number of hydrogen-bond acceptors (Lipinski definition) is 3. The van der Waals surface area contributed by atoms with Crippen molar-refractivity contribution in [3.63, 3.8) is 0 Å². The van der Waals surface area contributed by atoms with Gasteiger partial charge in [-0.1, -0.05) is 37.3 Å². The first-order chi connectivity index (χ1) is 12.5. The molecule has 0 radical (unpaired) electrons. The van der Waals surface area contributed by atoms with Crippen LogP contribution >= 0.6 is 0 Å². The van der Waals surface area contributed by atoms with Gasteiger partial charge in [-0.25, -0.2) is 8.42 Å². The van der Waals surface area contributed by atoms with Gasteiger partial charge in [-0.3, -0.25) is 4.72 Å². The summed E-state index contributed by atoms with van der Waals surface area (Å²) in [6, 6.07) is 17.7. The highest BCUT2D eigenvalue weighted by Crippen LogP contribution is 2.24. The molecular weight excluding hydrogens is 344 g/mol. The van der Waals surface area contributed by atoms with Crippen molar-refractivity contribution in [2.45, 2.75) is 32.6 Å². The first-order valence-electron chi connectivity index (χ1n) is 9.41. The summed E-state index contributed by atoms with van der Waals surface area (Å²) in [6.07, 6.45) is 3.82. The van der Waals surface area contributed by atoms with Crippen LogP contribution < -0.4 is 9.62 Å². The SMILES string of the molecule is CC1CCN(c2ccc(NS(=O)(=O)CCCc3ccccc3)cc2)CC1. The molecule has 0 unspecified atom stereocenters. The van der Waals surface area contributed by atoms with Crippen LogP contribution in [-0.2, 0) is 16.4 Å². The molecule has 1 aliphatic heterocycles. The van der Waals surface area contributed by atoms with Crippen LogP contribution in [0.15, 0.2) is 54.6 Å². The number of rotatable bonds is 7. The fraction of sp³-hybridized carbons (Fsp3) is 0.429. The second kappa shape index (κ2) is 8.58. The predicted molar refractivity (Wildman–Crippen MR) is 109 cm³/mol. The third kappa shape index (κ3) is 5.49. The molecule has 3 rings (SSSR count). The van der Waals surface area contributed by atoms with E-state index in [0.29, 0.717) is 12.1 Å². The Kier molecular flexibility index (Phi) is 6.20. The topological polar surface area (TPSA) is 49.4 Å². The van der Waals surface area contributed by atoms with Crippen LogP contribution in [-0.4, -0.2) is 27.3 Å². The zero-order chi connectivity index (χ0) is 18.4. The van der Waals surface area contributed by atoms with E-state index in [4.69, 9.17) is 0 Å². The number of nitrogens with one attached hydrogen (secondary N) is 1. The van der Waals surface area contributed by atoms with Gasteiger partial charge >= 0.3 is 0 Å². The second-order valence-corrected chi connectivity index (χ2v) is 9.07. The summed E-state index contributed by atoms with van der Waals surface area (Å²) in [7, 11) is -3.31. The van der Waals surface area contributed by atoms with Crippen molar-refractivity contribution in [3.05, 3.63) is 60.2 Å². The van der Waals surface area contributed by atoms with Crippen LogP contribution in [0.1, 0.15) is 31.7 Å². The molecule has 26 heavy (non-hydrogen) atoms. The molecule has 0 saturated carbocycles. The highest BCUT2D eigenvalue weighted by molar-refractivity contribution is 7.92. The molecule has 1 fully saturated rings. The monoisotopic (exact) mass is 372 g/mol. The van der Waals surface area contributed by atoms with Crippen molar-refractivity contribution < 1.29 is 8.42 Å². The molecular formula is C21H28N2O2S. The lowest BCUT2D eigenvalue weighted by Crippen LogP contribution is -2.32. The van der Waals surface area contributed by atoms with Crippen LogP contribution in [0.4, 0.5) is 11.4 Å². The van der Waals surface area contributed by atoms with E-state index < -0.39 is 10.0 Å². The molecule has 1 aliphatic rings. The second-order valence-electron chi connectivity index (χ2n) is 7.23. The molecule has 1 N–H and O–H groups in total. The molecule has 1 heterocycles. The van der Waals surface area contributed by atoms with Gasteiger partial charge in [-0.15, -0.1) is 0 Å². The number of hydrogen-bond donors (Lipinski definition) is 1. The van der Waals surface area contributed by atoms with Crippen molar-refractivity contribution in [2.24, 2.45) is 5.92 Å². The summed E-state index contributed by atoms with van der Waals surface area (Å²) < 4.78 is 27.3. The number of sulfonamides is 1. The minimum atomic E-state index is -3.31. The van der Waals surface area contributed by atoms with E-state index in [1.54, 1.807) is 0 Å². The van der Waals surface area contributed by atoms with E-state index in [1.807, 2.05) is 54.6 Å². The van der Waals surface area contributed by atoms with Gasteiger partial charge in [0.2, 0.25) is 10.0 Å². The summed E-state index contributed by atoms with van der Waals surface area (Å²) in [5, 5.41) is 0. The number of piperidine rings is 1. The number of benzene rings is 2. The first-order valence-corrected chi connectivity index (χ1v) is 11.1. The van der Waals surface area contributed by atoms with Gasteiger partial charge in [0.15, 0.2) is 0 Å². The van der Waals surface area contributed by atoms with Gasteiger partial charge in [0.05, 0.1) is 5.75 Å². The van der Waals surface area contributed by atoms with Crippen LogP contribution in [0.3, 0.4) is 0 Å². The third-order valence-corrected chi connectivity index (χ3v) is 6.38. The largest absolute Gasteiger partial charge is 0.372 e. The minimum Gasteiger partial charge on any atom is -0.372 e. The maximum Gasteiger partial charge on any atom is 0.232 e. The molecule has 2 aromatic rings. The molecule has 0 bridgehead atoms.